The third-order valence-electron chi connectivity index (χ3n) is 1.26. The summed E-state index contributed by atoms with van der Waals surface area (Å²) in [5.74, 6) is -2.07. The number of benzene rings is 1. The molecule has 0 bridgehead atoms. The first-order valence-electron chi connectivity index (χ1n) is 2.91. The summed E-state index contributed by atoms with van der Waals surface area (Å²) in [5, 5.41) is 10.6. The highest BCUT2D eigenvalue weighted by Gasteiger charge is 2.09. The summed E-state index contributed by atoms with van der Waals surface area (Å²) in [7, 11) is 0. The van der Waals surface area contributed by atoms with Gasteiger partial charge in [-0.3, -0.25) is 0 Å². The summed E-state index contributed by atoms with van der Waals surface area (Å²) >= 11 is 0. The van der Waals surface area contributed by atoms with Gasteiger partial charge >= 0.3 is 0 Å². The average molecular weight is 168 g/mol. The lowest BCUT2D eigenvalue weighted by molar-refractivity contribution is 0.582. The summed E-state index contributed by atoms with van der Waals surface area (Å²) in [6.45, 7) is 0. The Morgan fingerprint density at radius 2 is 2.00 bits per heavy atom. The van der Waals surface area contributed by atoms with Crippen LogP contribution in [0.5, 0.6) is 0 Å². The summed E-state index contributed by atoms with van der Waals surface area (Å²) in [4.78, 5) is 9.88. The average Bonchev–Trinajstić information content (AvgIpc) is 2.05. The minimum absolute atomic E-state index is 0.397. The fraction of sp³-hybridized carbons (Fsp3) is 0. The van der Waals surface area contributed by atoms with Gasteiger partial charge in [-0.15, -0.1) is 4.91 Å². The normalized spacial score (nSPS) is 9.08. The number of nitriles is 1. The molecule has 0 saturated heterocycles. The molecule has 12 heavy (non-hydrogen) atoms. The second kappa shape index (κ2) is 3.05. The van der Waals surface area contributed by atoms with E-state index in [9.17, 15) is 13.7 Å². The van der Waals surface area contributed by atoms with Gasteiger partial charge in [-0.1, -0.05) is 0 Å². The topological polar surface area (TPSA) is 53.2 Å². The van der Waals surface area contributed by atoms with Crippen molar-refractivity contribution in [2.45, 2.75) is 0 Å². The van der Waals surface area contributed by atoms with Gasteiger partial charge in [0.05, 0.1) is 5.56 Å². The molecular weight excluding hydrogens is 166 g/mol. The van der Waals surface area contributed by atoms with Gasteiger partial charge in [-0.2, -0.15) is 5.26 Å². The Hall–Kier alpha value is -1.83. The van der Waals surface area contributed by atoms with E-state index in [4.69, 9.17) is 5.26 Å². The lowest BCUT2D eigenvalue weighted by atomic mass is 10.2. The zero-order chi connectivity index (χ0) is 9.14. The fourth-order valence-corrected chi connectivity index (χ4v) is 0.693. The summed E-state index contributed by atoms with van der Waals surface area (Å²) in [6.07, 6.45) is 0. The maximum absolute atomic E-state index is 12.6. The van der Waals surface area contributed by atoms with Crippen LogP contribution in [0.1, 0.15) is 5.56 Å². The van der Waals surface area contributed by atoms with Gasteiger partial charge in [0.25, 0.3) is 0 Å². The van der Waals surface area contributed by atoms with Crippen molar-refractivity contribution >= 4 is 5.69 Å². The number of nitroso groups, excluding NO2 is 1. The Balaban J connectivity index is 3.39. The predicted molar refractivity (Wildman–Crippen MR) is 36.5 cm³/mol. The molecule has 0 N–H and O–H groups in total. The van der Waals surface area contributed by atoms with Crippen molar-refractivity contribution in [2.75, 3.05) is 0 Å². The smallest absolute Gasteiger partial charge is 0.155 e. The molecule has 0 saturated carbocycles. The van der Waals surface area contributed by atoms with Gasteiger partial charge in [0.1, 0.15) is 17.6 Å². The lowest BCUT2D eigenvalue weighted by Crippen LogP contribution is -1.85. The zero-order valence-corrected chi connectivity index (χ0v) is 5.71. The predicted octanol–water partition coefficient (Wildman–Crippen LogP) is 2.23. The highest BCUT2D eigenvalue weighted by molar-refractivity contribution is 5.46. The Labute approximate surface area is 66.2 Å². The van der Waals surface area contributed by atoms with E-state index in [0.717, 1.165) is 6.07 Å². The summed E-state index contributed by atoms with van der Waals surface area (Å²) < 4.78 is 25.1. The molecule has 0 fully saturated rings. The standard InChI is InChI=1S/C7H2F2N2O/c8-5-2-6(9)7(11-12)1-4(5)3-10/h1-2H. The maximum atomic E-state index is 12.6. The highest BCUT2D eigenvalue weighted by Crippen LogP contribution is 2.20. The molecule has 0 amide bonds. The van der Waals surface area contributed by atoms with Crippen LogP contribution in [0.3, 0.4) is 0 Å². The molecule has 0 atom stereocenters. The Kier molecular flexibility index (Phi) is 2.10. The van der Waals surface area contributed by atoms with Gasteiger partial charge in [0.2, 0.25) is 0 Å². The first-order valence-corrected chi connectivity index (χ1v) is 2.91. The maximum Gasteiger partial charge on any atom is 0.155 e. The van der Waals surface area contributed by atoms with Crippen molar-refractivity contribution in [3.05, 3.63) is 34.2 Å². The molecule has 0 aliphatic rings. The van der Waals surface area contributed by atoms with Crippen LogP contribution in [0.15, 0.2) is 17.3 Å². The molecule has 5 heteroatoms. The zero-order valence-electron chi connectivity index (χ0n) is 5.71. The van der Waals surface area contributed by atoms with E-state index in [2.05, 4.69) is 5.18 Å². The van der Waals surface area contributed by atoms with Gasteiger partial charge in [-0.25, -0.2) is 8.78 Å². The third-order valence-corrected chi connectivity index (χ3v) is 1.26. The lowest BCUT2D eigenvalue weighted by Gasteiger charge is -1.94. The molecule has 0 aromatic heterocycles. The molecule has 0 unspecified atom stereocenters. The van der Waals surface area contributed by atoms with Gasteiger partial charge < -0.3 is 0 Å². The summed E-state index contributed by atoms with van der Waals surface area (Å²) in [5.41, 5.74) is -0.959. The van der Waals surface area contributed by atoms with Gasteiger partial charge in [0, 0.05) is 6.07 Å². The molecular formula is C7H2F2N2O. The largest absolute Gasteiger partial charge is 0.205 e. The van der Waals surface area contributed by atoms with Crippen LogP contribution in [0.25, 0.3) is 0 Å². The van der Waals surface area contributed by atoms with Crippen LogP contribution in [0, 0.1) is 27.9 Å². The SMILES string of the molecule is N#Cc1cc(N=O)c(F)cc1F. The van der Waals surface area contributed by atoms with Crippen molar-refractivity contribution in [3.8, 4) is 6.07 Å². The Bertz CT molecular complexity index is 370. The first kappa shape index (κ1) is 8.27. The van der Waals surface area contributed by atoms with Crippen LogP contribution < -0.4 is 0 Å². The molecule has 60 valence electrons. The summed E-state index contributed by atoms with van der Waals surface area (Å²) in [6, 6.07) is 2.67. The van der Waals surface area contributed by atoms with Crippen molar-refractivity contribution in [1.29, 1.82) is 5.26 Å². The van der Waals surface area contributed by atoms with Crippen molar-refractivity contribution in [1.82, 2.24) is 0 Å². The molecule has 0 heterocycles. The van der Waals surface area contributed by atoms with E-state index in [-0.39, 0.29) is 0 Å². The van der Waals surface area contributed by atoms with Crippen molar-refractivity contribution in [2.24, 2.45) is 5.18 Å². The monoisotopic (exact) mass is 168 g/mol. The third kappa shape index (κ3) is 1.27. The second-order valence-electron chi connectivity index (χ2n) is 1.99. The second-order valence-corrected chi connectivity index (χ2v) is 1.99. The molecule has 1 aromatic carbocycles. The van der Waals surface area contributed by atoms with E-state index in [1.54, 1.807) is 0 Å². The van der Waals surface area contributed by atoms with Crippen LogP contribution in [0.2, 0.25) is 0 Å². The minimum Gasteiger partial charge on any atom is -0.205 e. The van der Waals surface area contributed by atoms with Crippen LogP contribution in [0.4, 0.5) is 14.5 Å². The first-order chi connectivity index (χ1) is 5.69. The van der Waals surface area contributed by atoms with E-state index in [1.165, 1.54) is 6.07 Å². The molecule has 1 rings (SSSR count). The minimum atomic E-state index is -1.07. The number of halogens is 2. The van der Waals surface area contributed by atoms with E-state index in [1.807, 2.05) is 0 Å². The number of hydrogen-bond donors (Lipinski definition) is 0. The molecule has 0 radical (unpaired) electrons. The fourth-order valence-electron chi connectivity index (χ4n) is 0.693. The molecule has 1 aromatic rings. The number of nitrogens with zero attached hydrogens (tertiary/aromatic N) is 2. The van der Waals surface area contributed by atoms with Crippen molar-refractivity contribution in [3.63, 3.8) is 0 Å². The van der Waals surface area contributed by atoms with Crippen LogP contribution >= 0.6 is 0 Å². The Morgan fingerprint density at radius 3 is 2.50 bits per heavy atom. The molecule has 0 aliphatic carbocycles. The van der Waals surface area contributed by atoms with Crippen LogP contribution in [-0.4, -0.2) is 0 Å². The Morgan fingerprint density at radius 1 is 1.33 bits per heavy atom. The molecule has 0 spiro atoms. The van der Waals surface area contributed by atoms with Gasteiger partial charge in [0.15, 0.2) is 5.82 Å². The van der Waals surface area contributed by atoms with Crippen molar-refractivity contribution < 1.29 is 8.78 Å². The van der Waals surface area contributed by atoms with E-state index >= 15 is 0 Å². The number of rotatable bonds is 1. The van der Waals surface area contributed by atoms with E-state index < -0.39 is 22.9 Å². The number of hydrogen-bond acceptors (Lipinski definition) is 3. The quantitative estimate of drug-likeness (QED) is 0.603. The highest BCUT2D eigenvalue weighted by atomic mass is 19.1. The molecule has 0 aliphatic heterocycles. The molecule has 3 nitrogen and oxygen atoms in total. The van der Waals surface area contributed by atoms with E-state index in [0.29, 0.717) is 6.07 Å². The van der Waals surface area contributed by atoms with Gasteiger partial charge in [-0.05, 0) is 11.2 Å². The van der Waals surface area contributed by atoms with Crippen LogP contribution in [-0.2, 0) is 0 Å².